The molecule has 154 valence electrons. The first-order chi connectivity index (χ1) is 14.5. The summed E-state index contributed by atoms with van der Waals surface area (Å²) in [5, 5.41) is 17.9. The van der Waals surface area contributed by atoms with Crippen LogP contribution in [0.25, 0.3) is 0 Å². The third-order valence-electron chi connectivity index (χ3n) is 4.81. The van der Waals surface area contributed by atoms with Crippen LogP contribution in [0.15, 0.2) is 58.2 Å². The van der Waals surface area contributed by atoms with E-state index in [9.17, 15) is 4.79 Å². The number of nitrogens with one attached hydrogen (secondary N) is 2. The fraction of sp³-hybridized carbons (Fsp3) is 0.200. The molecule has 1 atom stereocenters. The highest BCUT2D eigenvalue weighted by atomic mass is 79.9. The van der Waals surface area contributed by atoms with Crippen LogP contribution in [-0.2, 0) is 4.79 Å². The molecule has 0 saturated heterocycles. The molecule has 3 aromatic rings. The number of methoxy groups -OCH3 is 2. The zero-order chi connectivity index (χ0) is 21.3. The first-order valence-electron chi connectivity index (χ1n) is 9.07. The Morgan fingerprint density at radius 2 is 1.93 bits per heavy atom. The van der Waals surface area contributed by atoms with Crippen molar-refractivity contribution in [3.8, 4) is 11.5 Å². The van der Waals surface area contributed by atoms with Gasteiger partial charge in [-0.05, 0) is 63.1 Å². The Balaban J connectivity index is 1.78. The summed E-state index contributed by atoms with van der Waals surface area (Å²) in [5.74, 6) is 1.42. The number of anilines is 2. The van der Waals surface area contributed by atoms with Gasteiger partial charge in [0.05, 0.1) is 30.0 Å². The van der Waals surface area contributed by atoms with Crippen molar-refractivity contribution in [1.82, 2.24) is 20.2 Å². The quantitative estimate of drug-likeness (QED) is 0.588. The Bertz CT molecular complexity index is 1140. The Morgan fingerprint density at radius 3 is 2.67 bits per heavy atom. The van der Waals surface area contributed by atoms with Gasteiger partial charge in [0.1, 0.15) is 17.5 Å². The van der Waals surface area contributed by atoms with Crippen molar-refractivity contribution < 1.29 is 14.3 Å². The molecule has 10 heteroatoms. The summed E-state index contributed by atoms with van der Waals surface area (Å²) in [6, 6.07) is 12.3. The lowest BCUT2D eigenvalue weighted by atomic mass is 9.95. The fourth-order valence-corrected chi connectivity index (χ4v) is 3.96. The number of carbonyl (C=O) groups is 1. The van der Waals surface area contributed by atoms with E-state index in [-0.39, 0.29) is 5.91 Å². The summed E-state index contributed by atoms with van der Waals surface area (Å²) in [5.41, 5.74) is 2.53. The van der Waals surface area contributed by atoms with Crippen LogP contribution < -0.4 is 20.1 Å². The highest BCUT2D eigenvalue weighted by molar-refractivity contribution is 9.10. The van der Waals surface area contributed by atoms with Gasteiger partial charge < -0.3 is 20.1 Å². The predicted molar refractivity (Wildman–Crippen MR) is 115 cm³/mol. The van der Waals surface area contributed by atoms with E-state index in [1.165, 1.54) is 0 Å². The number of ether oxygens (including phenoxy) is 2. The Morgan fingerprint density at radius 1 is 1.17 bits per heavy atom. The van der Waals surface area contributed by atoms with E-state index in [0.29, 0.717) is 34.4 Å². The van der Waals surface area contributed by atoms with Crippen LogP contribution in [0.3, 0.4) is 0 Å². The van der Waals surface area contributed by atoms with Crippen LogP contribution in [0.1, 0.15) is 18.5 Å². The Kier molecular flexibility index (Phi) is 5.40. The second kappa shape index (κ2) is 8.15. The van der Waals surface area contributed by atoms with Crippen LogP contribution in [0, 0.1) is 0 Å². The highest BCUT2D eigenvalue weighted by Crippen LogP contribution is 2.38. The zero-order valence-corrected chi connectivity index (χ0v) is 18.1. The molecule has 4 rings (SSSR count). The third kappa shape index (κ3) is 3.50. The molecule has 2 aromatic carbocycles. The van der Waals surface area contributed by atoms with Gasteiger partial charge in [0, 0.05) is 5.70 Å². The molecule has 0 bridgehead atoms. The molecule has 0 radical (unpaired) electrons. The van der Waals surface area contributed by atoms with Crippen molar-refractivity contribution in [2.75, 3.05) is 24.9 Å². The number of amides is 1. The minimum absolute atomic E-state index is 0.289. The smallest absolute Gasteiger partial charge is 0.255 e. The maximum Gasteiger partial charge on any atom is 0.255 e. The van der Waals surface area contributed by atoms with Crippen molar-refractivity contribution in [2.24, 2.45) is 0 Å². The minimum atomic E-state index is -0.534. The molecule has 1 aromatic heterocycles. The van der Waals surface area contributed by atoms with E-state index in [2.05, 4.69) is 42.1 Å². The van der Waals surface area contributed by atoms with Crippen LogP contribution >= 0.6 is 15.9 Å². The summed E-state index contributed by atoms with van der Waals surface area (Å²) in [6.07, 6.45) is 0. The first-order valence-corrected chi connectivity index (χ1v) is 9.86. The third-order valence-corrected chi connectivity index (χ3v) is 5.43. The maximum absolute atomic E-state index is 13.4. The Labute approximate surface area is 181 Å². The SMILES string of the molecule is COc1ccc([C@H]2C(C(=O)Nc3ccccc3OC)=C(C)Nc3nnnn32)cc1Br. The molecular weight excluding hydrogens is 452 g/mol. The molecule has 1 aliphatic heterocycles. The number of carbonyl (C=O) groups excluding carboxylic acids is 1. The monoisotopic (exact) mass is 470 g/mol. The highest BCUT2D eigenvalue weighted by Gasteiger charge is 2.34. The topological polar surface area (TPSA) is 103 Å². The Hall–Kier alpha value is -3.40. The van der Waals surface area contributed by atoms with Crippen molar-refractivity contribution in [2.45, 2.75) is 13.0 Å². The predicted octanol–water partition coefficient (Wildman–Crippen LogP) is 3.38. The molecule has 1 aliphatic rings. The molecule has 1 amide bonds. The van der Waals surface area contributed by atoms with Gasteiger partial charge in [0.25, 0.3) is 5.91 Å². The largest absolute Gasteiger partial charge is 0.496 e. The van der Waals surface area contributed by atoms with E-state index < -0.39 is 6.04 Å². The van der Waals surface area contributed by atoms with Gasteiger partial charge >= 0.3 is 0 Å². The molecule has 0 spiro atoms. The molecule has 0 aliphatic carbocycles. The van der Waals surface area contributed by atoms with E-state index >= 15 is 0 Å². The average molecular weight is 471 g/mol. The van der Waals surface area contributed by atoms with Gasteiger partial charge in [0.15, 0.2) is 0 Å². The molecule has 0 saturated carbocycles. The number of para-hydroxylation sites is 2. The number of tetrazole rings is 1. The van der Waals surface area contributed by atoms with Crippen LogP contribution in [0.4, 0.5) is 11.6 Å². The lowest BCUT2D eigenvalue weighted by Gasteiger charge is -2.28. The number of rotatable bonds is 5. The van der Waals surface area contributed by atoms with E-state index in [0.717, 1.165) is 10.0 Å². The van der Waals surface area contributed by atoms with Crippen molar-refractivity contribution >= 4 is 33.5 Å². The van der Waals surface area contributed by atoms with Gasteiger partial charge in [-0.3, -0.25) is 4.79 Å². The van der Waals surface area contributed by atoms with Gasteiger partial charge in [-0.2, -0.15) is 4.68 Å². The number of allylic oxidation sites excluding steroid dienone is 1. The number of hydrogen-bond donors (Lipinski definition) is 2. The molecule has 0 unspecified atom stereocenters. The van der Waals surface area contributed by atoms with Crippen LogP contribution in [0.2, 0.25) is 0 Å². The zero-order valence-electron chi connectivity index (χ0n) is 16.5. The van der Waals surface area contributed by atoms with Gasteiger partial charge in [-0.15, -0.1) is 0 Å². The number of halogens is 1. The summed E-state index contributed by atoms with van der Waals surface area (Å²) < 4.78 is 13.0. The van der Waals surface area contributed by atoms with Gasteiger partial charge in [0.2, 0.25) is 5.95 Å². The molecule has 0 fully saturated rings. The number of aromatic nitrogens is 4. The second-order valence-corrected chi connectivity index (χ2v) is 7.42. The fourth-order valence-electron chi connectivity index (χ4n) is 3.40. The molecule has 30 heavy (non-hydrogen) atoms. The van der Waals surface area contributed by atoms with E-state index in [4.69, 9.17) is 9.47 Å². The van der Waals surface area contributed by atoms with Crippen molar-refractivity contribution in [1.29, 1.82) is 0 Å². The van der Waals surface area contributed by atoms with Crippen molar-refractivity contribution in [3.05, 3.63) is 63.8 Å². The number of hydrogen-bond acceptors (Lipinski definition) is 7. The maximum atomic E-state index is 13.4. The number of nitrogens with zero attached hydrogens (tertiary/aromatic N) is 4. The number of benzene rings is 2. The molecule has 9 nitrogen and oxygen atoms in total. The summed E-state index contributed by atoms with van der Waals surface area (Å²) in [4.78, 5) is 13.4. The van der Waals surface area contributed by atoms with Crippen LogP contribution in [-0.4, -0.2) is 40.3 Å². The minimum Gasteiger partial charge on any atom is -0.496 e. The first kappa shape index (κ1) is 19.9. The normalized spacial score (nSPS) is 15.3. The average Bonchev–Trinajstić information content (AvgIpc) is 3.21. The van der Waals surface area contributed by atoms with E-state index in [1.54, 1.807) is 31.0 Å². The van der Waals surface area contributed by atoms with E-state index in [1.807, 2.05) is 37.3 Å². The lowest BCUT2D eigenvalue weighted by Crippen LogP contribution is -2.31. The lowest BCUT2D eigenvalue weighted by molar-refractivity contribution is -0.113. The van der Waals surface area contributed by atoms with Crippen molar-refractivity contribution in [3.63, 3.8) is 0 Å². The molecule has 2 heterocycles. The summed E-state index contributed by atoms with van der Waals surface area (Å²) in [6.45, 7) is 1.82. The summed E-state index contributed by atoms with van der Waals surface area (Å²) >= 11 is 3.51. The summed E-state index contributed by atoms with van der Waals surface area (Å²) in [7, 11) is 3.16. The number of fused-ring (bicyclic) bond motifs is 1. The second-order valence-electron chi connectivity index (χ2n) is 6.56. The molecule has 2 N–H and O–H groups in total. The van der Waals surface area contributed by atoms with Gasteiger partial charge in [-0.25, -0.2) is 0 Å². The van der Waals surface area contributed by atoms with Gasteiger partial charge in [-0.1, -0.05) is 23.3 Å². The van der Waals surface area contributed by atoms with Crippen LogP contribution in [0.5, 0.6) is 11.5 Å². The standard InChI is InChI=1S/C20H19BrN6O3/c1-11-17(19(28)23-14-6-4-5-7-16(14)30-3)18(27-20(22-11)24-25-26-27)12-8-9-15(29-2)13(21)10-12/h4-10,18H,1-3H3,(H,23,28)(H,22,24,26)/t18-/m0/s1. The molecular formula is C20H19BrN6O3.